The maximum absolute atomic E-state index is 13.4. The number of hydrogen-bond acceptors (Lipinski definition) is 7. The van der Waals surface area contributed by atoms with Crippen LogP contribution in [0.25, 0.3) is 0 Å². The molecule has 0 spiro atoms. The maximum Gasteiger partial charge on any atom is 0.345 e. The number of benzene rings is 1. The second-order valence-electron chi connectivity index (χ2n) is 14.5. The number of rotatable bonds is 9. The van der Waals surface area contributed by atoms with Gasteiger partial charge >= 0.3 is 5.97 Å². The quantitative estimate of drug-likeness (QED) is 0.114. The lowest BCUT2D eigenvalue weighted by Crippen LogP contribution is -2.46. The average Bonchev–Trinajstić information content (AvgIpc) is 3.30. The van der Waals surface area contributed by atoms with Crippen LogP contribution in [-0.2, 0) is 34.9 Å². The van der Waals surface area contributed by atoms with Gasteiger partial charge in [0, 0.05) is 25.5 Å². The molecule has 1 fully saturated rings. The van der Waals surface area contributed by atoms with E-state index in [1.807, 2.05) is 24.3 Å². The van der Waals surface area contributed by atoms with Crippen molar-refractivity contribution in [2.24, 2.45) is 29.6 Å². The Kier molecular flexibility index (Phi) is 11.8. The number of nitrogens with zero attached hydrogens (tertiary/aromatic N) is 1. The van der Waals surface area contributed by atoms with Gasteiger partial charge in [0.05, 0.1) is 37.8 Å². The van der Waals surface area contributed by atoms with Crippen LogP contribution in [0, 0.1) is 29.6 Å². The zero-order chi connectivity index (χ0) is 33.1. The summed E-state index contributed by atoms with van der Waals surface area (Å²) >= 11 is 3.56. The van der Waals surface area contributed by atoms with Crippen molar-refractivity contribution >= 4 is 36.1 Å². The Morgan fingerprint density at radius 2 is 1.76 bits per heavy atom. The molecule has 250 valence electrons. The molecule has 10 heteroatoms. The summed E-state index contributed by atoms with van der Waals surface area (Å²) in [5.41, 5.74) is 1.11. The molecule has 0 radical (unpaired) electrons. The summed E-state index contributed by atoms with van der Waals surface area (Å²) in [6.07, 6.45) is 8.26. The highest BCUT2D eigenvalue weighted by Gasteiger charge is 2.49. The van der Waals surface area contributed by atoms with Gasteiger partial charge in [-0.3, -0.25) is 9.63 Å². The van der Waals surface area contributed by atoms with Crippen molar-refractivity contribution < 1.29 is 33.1 Å². The van der Waals surface area contributed by atoms with E-state index in [1.165, 1.54) is 12.2 Å². The lowest BCUT2D eigenvalue weighted by Gasteiger charge is -2.43. The van der Waals surface area contributed by atoms with Gasteiger partial charge < -0.3 is 18.6 Å². The molecule has 8 nitrogen and oxygen atoms in total. The SMILES string of the molecule is COc1ccc(CO[C@H]2[C@@H]3C=C[C@H]4C[C@H](O[Si](C)(C)C(C)(C)C)C[C@@H](CC(=O)N(C)OC)OC(=O)/C(Br)=C\[C@H]4[C@@H]3C[C@H]2C)cc1. The van der Waals surface area contributed by atoms with E-state index in [4.69, 9.17) is 23.5 Å². The van der Waals surface area contributed by atoms with Crippen molar-refractivity contribution in [1.29, 1.82) is 0 Å². The van der Waals surface area contributed by atoms with Crippen LogP contribution in [0.1, 0.15) is 58.9 Å². The third kappa shape index (κ3) is 8.69. The number of carbonyl (C=O) groups is 2. The highest BCUT2D eigenvalue weighted by atomic mass is 79.9. The molecule has 1 aromatic carbocycles. The minimum absolute atomic E-state index is 0.00570. The molecule has 1 amide bonds. The van der Waals surface area contributed by atoms with E-state index < -0.39 is 20.4 Å². The van der Waals surface area contributed by atoms with E-state index in [0.29, 0.717) is 29.3 Å². The largest absolute Gasteiger partial charge is 0.497 e. The molecule has 1 aromatic rings. The third-order valence-electron chi connectivity index (χ3n) is 10.4. The Morgan fingerprint density at radius 3 is 2.38 bits per heavy atom. The minimum atomic E-state index is -2.18. The highest BCUT2D eigenvalue weighted by Crippen LogP contribution is 2.51. The van der Waals surface area contributed by atoms with Crippen molar-refractivity contribution in [2.75, 3.05) is 21.3 Å². The summed E-state index contributed by atoms with van der Waals surface area (Å²) < 4.78 is 25.3. The van der Waals surface area contributed by atoms with E-state index in [1.54, 1.807) is 14.2 Å². The number of carbonyl (C=O) groups excluding carboxylic acids is 2. The molecular formula is C35H52BrNO7Si. The number of methoxy groups -OCH3 is 1. The van der Waals surface area contributed by atoms with Gasteiger partial charge in [0.1, 0.15) is 11.9 Å². The number of cyclic esters (lactones) is 1. The fourth-order valence-corrected chi connectivity index (χ4v) is 8.60. The molecule has 1 heterocycles. The molecular weight excluding hydrogens is 654 g/mol. The molecule has 4 rings (SSSR count). The second-order valence-corrected chi connectivity index (χ2v) is 20.1. The maximum atomic E-state index is 13.4. The summed E-state index contributed by atoms with van der Waals surface area (Å²) in [7, 11) is 2.50. The third-order valence-corrected chi connectivity index (χ3v) is 15.5. The Labute approximate surface area is 279 Å². The standard InChI is InChI=1S/C35H52BrNO7Si/c1-22-16-30-28(33(22)42-21-23-10-13-25(40-6)14-11-23)15-12-24-17-27(44-45(8,9)35(2,3)4)18-26(19-32(38)37(5)41-7)43-34(39)31(36)20-29(24)30/h10-15,20,22,24,26-30,33H,16-19,21H2,1-9H3/b31-20+/t22-,24+,26+,27+,28-,29-,30-,33-/m1/s1. The van der Waals surface area contributed by atoms with Crippen LogP contribution in [0.15, 0.2) is 47.0 Å². The van der Waals surface area contributed by atoms with Crippen LogP contribution in [-0.4, -0.2) is 64.8 Å². The van der Waals surface area contributed by atoms with Gasteiger partial charge in [-0.1, -0.05) is 58.1 Å². The van der Waals surface area contributed by atoms with Crippen LogP contribution >= 0.6 is 15.9 Å². The topological polar surface area (TPSA) is 83.5 Å². The fraction of sp³-hybridized carbons (Fsp3) is 0.657. The molecule has 0 bridgehead atoms. The van der Waals surface area contributed by atoms with Crippen LogP contribution in [0.4, 0.5) is 0 Å². The van der Waals surface area contributed by atoms with E-state index in [2.05, 4.69) is 74.9 Å². The zero-order valence-corrected chi connectivity index (χ0v) is 31.0. The number of amides is 1. The van der Waals surface area contributed by atoms with Crippen molar-refractivity contribution in [2.45, 2.75) is 96.4 Å². The first-order chi connectivity index (χ1) is 21.1. The van der Waals surface area contributed by atoms with Gasteiger partial charge in [0.2, 0.25) is 5.91 Å². The minimum Gasteiger partial charge on any atom is -0.497 e. The molecule has 8 atom stereocenters. The van der Waals surface area contributed by atoms with E-state index in [0.717, 1.165) is 24.2 Å². The highest BCUT2D eigenvalue weighted by molar-refractivity contribution is 9.12. The Bertz CT molecular complexity index is 1240. The van der Waals surface area contributed by atoms with Crippen LogP contribution < -0.4 is 4.74 Å². The first-order valence-corrected chi connectivity index (χ1v) is 19.8. The summed E-state index contributed by atoms with van der Waals surface area (Å²) in [5, 5.41) is 1.18. The summed E-state index contributed by atoms with van der Waals surface area (Å²) in [4.78, 5) is 31.4. The smallest absolute Gasteiger partial charge is 0.345 e. The van der Waals surface area contributed by atoms with Crippen molar-refractivity contribution in [1.82, 2.24) is 5.06 Å². The molecule has 45 heavy (non-hydrogen) atoms. The number of ether oxygens (including phenoxy) is 3. The average molecular weight is 707 g/mol. The first kappa shape index (κ1) is 35.9. The van der Waals surface area contributed by atoms with Crippen molar-refractivity contribution in [3.8, 4) is 5.75 Å². The molecule has 0 saturated heterocycles. The van der Waals surface area contributed by atoms with Crippen LogP contribution in [0.5, 0.6) is 5.75 Å². The molecule has 0 aromatic heterocycles. The molecule has 3 aliphatic rings. The second kappa shape index (κ2) is 14.8. The van der Waals surface area contributed by atoms with E-state index in [9.17, 15) is 9.59 Å². The molecule has 1 aliphatic heterocycles. The van der Waals surface area contributed by atoms with Crippen molar-refractivity contribution in [3.05, 3.63) is 52.5 Å². The van der Waals surface area contributed by atoms with Gasteiger partial charge in [0.15, 0.2) is 8.32 Å². The number of esters is 1. The first-order valence-electron chi connectivity index (χ1n) is 16.1. The Morgan fingerprint density at radius 1 is 1.07 bits per heavy atom. The number of halogens is 1. The molecule has 0 N–H and O–H groups in total. The summed E-state index contributed by atoms with van der Waals surface area (Å²) in [6, 6.07) is 8.02. The fourth-order valence-electron chi connectivity index (χ4n) is 6.82. The zero-order valence-electron chi connectivity index (χ0n) is 28.4. The van der Waals surface area contributed by atoms with Crippen LogP contribution in [0.3, 0.4) is 0 Å². The number of allylic oxidation sites excluding steroid dienone is 2. The number of hydroxylamine groups is 2. The number of fused-ring (bicyclic) bond motifs is 3. The predicted molar refractivity (Wildman–Crippen MR) is 181 cm³/mol. The number of hydrogen-bond donors (Lipinski definition) is 0. The lowest BCUT2D eigenvalue weighted by molar-refractivity contribution is -0.172. The summed E-state index contributed by atoms with van der Waals surface area (Å²) in [5.74, 6) is 1.33. The van der Waals surface area contributed by atoms with Gasteiger partial charge in [-0.15, -0.1) is 0 Å². The molecule has 0 unspecified atom stereocenters. The Balaban J connectivity index is 1.61. The van der Waals surface area contributed by atoms with Gasteiger partial charge in [-0.05, 0) is 88.3 Å². The monoisotopic (exact) mass is 705 g/mol. The molecule has 1 saturated carbocycles. The van der Waals surface area contributed by atoms with E-state index in [-0.39, 0.29) is 47.3 Å². The van der Waals surface area contributed by atoms with Gasteiger partial charge in [-0.25, -0.2) is 9.86 Å². The predicted octanol–water partition coefficient (Wildman–Crippen LogP) is 7.44. The normalized spacial score (nSPS) is 31.7. The Hall–Kier alpha value is -1.98. The van der Waals surface area contributed by atoms with Gasteiger partial charge in [0.25, 0.3) is 0 Å². The van der Waals surface area contributed by atoms with E-state index >= 15 is 0 Å². The van der Waals surface area contributed by atoms with Gasteiger partial charge in [-0.2, -0.15) is 0 Å². The summed E-state index contributed by atoms with van der Waals surface area (Å²) in [6.45, 7) is 14.0. The van der Waals surface area contributed by atoms with Crippen molar-refractivity contribution in [3.63, 3.8) is 0 Å². The molecule has 2 aliphatic carbocycles. The lowest BCUT2D eigenvalue weighted by atomic mass is 9.69. The van der Waals surface area contributed by atoms with Crippen LogP contribution in [0.2, 0.25) is 18.1 Å².